The molecule has 1 aromatic rings. The van der Waals surface area contributed by atoms with E-state index in [9.17, 15) is 9.59 Å². The van der Waals surface area contributed by atoms with Gasteiger partial charge in [0.05, 0.1) is 6.42 Å². The highest BCUT2D eigenvalue weighted by atomic mass is 79.9. The minimum Gasteiger partial charge on any atom is -0.480 e. The smallest absolute Gasteiger partial charge is 0.326 e. The van der Waals surface area contributed by atoms with Gasteiger partial charge in [0.25, 0.3) is 0 Å². The molecule has 19 heavy (non-hydrogen) atoms. The molecule has 0 aliphatic rings. The van der Waals surface area contributed by atoms with Crippen molar-refractivity contribution in [1.82, 2.24) is 5.32 Å². The first-order valence-corrected chi connectivity index (χ1v) is 6.95. The SMILES string of the molecule is CC(C)C[C@@H](NC(=O)Cc1ccccc1Br)C(=O)O. The Labute approximate surface area is 121 Å². The summed E-state index contributed by atoms with van der Waals surface area (Å²) in [5.41, 5.74) is 0.841. The number of rotatable bonds is 6. The van der Waals surface area contributed by atoms with E-state index in [0.717, 1.165) is 10.0 Å². The Morgan fingerprint density at radius 1 is 1.32 bits per heavy atom. The van der Waals surface area contributed by atoms with Gasteiger partial charge in [0, 0.05) is 4.47 Å². The molecule has 0 aromatic heterocycles. The highest BCUT2D eigenvalue weighted by molar-refractivity contribution is 9.10. The standard InChI is InChI=1S/C14H18BrNO3/c1-9(2)7-12(14(18)19)16-13(17)8-10-5-3-4-6-11(10)15/h3-6,9,12H,7-8H2,1-2H3,(H,16,17)(H,18,19)/t12-/m1/s1. The quantitative estimate of drug-likeness (QED) is 0.844. The molecule has 5 heteroatoms. The van der Waals surface area contributed by atoms with Crippen LogP contribution in [0, 0.1) is 5.92 Å². The van der Waals surface area contributed by atoms with Gasteiger partial charge in [0.15, 0.2) is 0 Å². The van der Waals surface area contributed by atoms with Crippen LogP contribution < -0.4 is 5.32 Å². The number of carbonyl (C=O) groups excluding carboxylic acids is 1. The molecule has 0 aliphatic heterocycles. The Kier molecular flexibility index (Phi) is 6.02. The summed E-state index contributed by atoms with van der Waals surface area (Å²) in [5, 5.41) is 11.6. The summed E-state index contributed by atoms with van der Waals surface area (Å²) in [4.78, 5) is 22.9. The van der Waals surface area contributed by atoms with E-state index >= 15 is 0 Å². The molecular weight excluding hydrogens is 310 g/mol. The van der Waals surface area contributed by atoms with E-state index < -0.39 is 12.0 Å². The van der Waals surface area contributed by atoms with Crippen molar-refractivity contribution in [2.75, 3.05) is 0 Å². The second-order valence-corrected chi connectivity index (χ2v) is 5.71. The van der Waals surface area contributed by atoms with E-state index in [-0.39, 0.29) is 18.2 Å². The Balaban J connectivity index is 2.63. The summed E-state index contributed by atoms with van der Waals surface area (Å²) in [6, 6.07) is 6.57. The fourth-order valence-corrected chi connectivity index (χ4v) is 2.18. The van der Waals surface area contributed by atoms with E-state index in [2.05, 4.69) is 21.2 Å². The van der Waals surface area contributed by atoms with Crippen molar-refractivity contribution in [3.8, 4) is 0 Å². The third-order valence-electron chi connectivity index (χ3n) is 2.65. The normalized spacial score (nSPS) is 12.2. The predicted molar refractivity (Wildman–Crippen MR) is 76.9 cm³/mol. The molecule has 0 spiro atoms. The lowest BCUT2D eigenvalue weighted by molar-refractivity contribution is -0.142. The highest BCUT2D eigenvalue weighted by Gasteiger charge is 2.21. The number of aliphatic carboxylic acids is 1. The van der Waals surface area contributed by atoms with Gasteiger partial charge in [-0.1, -0.05) is 48.0 Å². The zero-order chi connectivity index (χ0) is 14.4. The van der Waals surface area contributed by atoms with Crippen LogP contribution in [0.5, 0.6) is 0 Å². The van der Waals surface area contributed by atoms with Crippen LogP contribution in [0.25, 0.3) is 0 Å². The lowest BCUT2D eigenvalue weighted by Gasteiger charge is -2.16. The minimum absolute atomic E-state index is 0.170. The number of hydrogen-bond acceptors (Lipinski definition) is 2. The first-order chi connectivity index (χ1) is 8.90. The van der Waals surface area contributed by atoms with Gasteiger partial charge in [-0.05, 0) is 24.0 Å². The fourth-order valence-electron chi connectivity index (χ4n) is 1.75. The molecule has 0 saturated carbocycles. The Bertz CT molecular complexity index is 460. The van der Waals surface area contributed by atoms with Gasteiger partial charge in [0.1, 0.15) is 6.04 Å². The van der Waals surface area contributed by atoms with Gasteiger partial charge in [0.2, 0.25) is 5.91 Å². The third kappa shape index (κ3) is 5.42. The average molecular weight is 328 g/mol. The van der Waals surface area contributed by atoms with Gasteiger partial charge >= 0.3 is 5.97 Å². The van der Waals surface area contributed by atoms with Crippen LogP contribution >= 0.6 is 15.9 Å². The molecule has 1 rings (SSSR count). The largest absolute Gasteiger partial charge is 0.480 e. The number of carbonyl (C=O) groups is 2. The van der Waals surface area contributed by atoms with E-state index in [1.807, 2.05) is 38.1 Å². The molecule has 0 saturated heterocycles. The molecule has 1 amide bonds. The number of carboxylic acids is 1. The number of carboxylic acid groups (broad SMARTS) is 1. The minimum atomic E-state index is -0.992. The summed E-state index contributed by atoms with van der Waals surface area (Å²) in [6.45, 7) is 3.85. The lowest BCUT2D eigenvalue weighted by atomic mass is 10.0. The van der Waals surface area contributed by atoms with Crippen molar-refractivity contribution in [1.29, 1.82) is 0 Å². The van der Waals surface area contributed by atoms with Crippen molar-refractivity contribution < 1.29 is 14.7 Å². The monoisotopic (exact) mass is 327 g/mol. The lowest BCUT2D eigenvalue weighted by Crippen LogP contribution is -2.42. The number of halogens is 1. The topological polar surface area (TPSA) is 66.4 Å². The Morgan fingerprint density at radius 3 is 2.47 bits per heavy atom. The molecular formula is C14H18BrNO3. The van der Waals surface area contributed by atoms with E-state index in [0.29, 0.717) is 6.42 Å². The second-order valence-electron chi connectivity index (χ2n) is 4.86. The molecule has 4 nitrogen and oxygen atoms in total. The van der Waals surface area contributed by atoms with E-state index in [1.54, 1.807) is 0 Å². The first-order valence-electron chi connectivity index (χ1n) is 6.15. The van der Waals surface area contributed by atoms with Crippen molar-refractivity contribution in [3.63, 3.8) is 0 Å². The van der Waals surface area contributed by atoms with Gasteiger partial charge in [-0.2, -0.15) is 0 Å². The van der Waals surface area contributed by atoms with Crippen molar-refractivity contribution in [2.24, 2.45) is 5.92 Å². The molecule has 1 aromatic carbocycles. The molecule has 1 atom stereocenters. The van der Waals surface area contributed by atoms with Crippen LogP contribution in [0.2, 0.25) is 0 Å². The van der Waals surface area contributed by atoms with Gasteiger partial charge < -0.3 is 10.4 Å². The molecule has 0 aliphatic carbocycles. The zero-order valence-electron chi connectivity index (χ0n) is 11.0. The second kappa shape index (κ2) is 7.28. The molecule has 0 heterocycles. The fraction of sp³-hybridized carbons (Fsp3) is 0.429. The molecule has 2 N–H and O–H groups in total. The van der Waals surface area contributed by atoms with Crippen LogP contribution in [0.3, 0.4) is 0 Å². The van der Waals surface area contributed by atoms with Crippen LogP contribution in [0.15, 0.2) is 28.7 Å². The third-order valence-corrected chi connectivity index (χ3v) is 3.42. The number of hydrogen-bond donors (Lipinski definition) is 2. The van der Waals surface area contributed by atoms with Crippen molar-refractivity contribution in [3.05, 3.63) is 34.3 Å². The first kappa shape index (κ1) is 15.7. The predicted octanol–water partition coefficient (Wildman–Crippen LogP) is 2.61. The van der Waals surface area contributed by atoms with Crippen molar-refractivity contribution >= 4 is 27.8 Å². The maximum Gasteiger partial charge on any atom is 0.326 e. The van der Waals surface area contributed by atoms with Gasteiger partial charge in [-0.3, -0.25) is 4.79 Å². The Morgan fingerprint density at radius 2 is 1.95 bits per heavy atom. The summed E-state index contributed by atoms with van der Waals surface area (Å²) in [7, 11) is 0. The number of amides is 1. The number of nitrogens with one attached hydrogen (secondary N) is 1. The average Bonchev–Trinajstić information content (AvgIpc) is 2.30. The molecule has 0 fully saturated rings. The summed E-state index contributed by atoms with van der Waals surface area (Å²) in [5.74, 6) is -1.06. The van der Waals surface area contributed by atoms with E-state index in [1.165, 1.54) is 0 Å². The molecule has 0 radical (unpaired) electrons. The van der Waals surface area contributed by atoms with Crippen molar-refractivity contribution in [2.45, 2.75) is 32.7 Å². The maximum absolute atomic E-state index is 11.9. The van der Waals surface area contributed by atoms with Crippen LogP contribution in [-0.2, 0) is 16.0 Å². The van der Waals surface area contributed by atoms with E-state index in [4.69, 9.17) is 5.11 Å². The molecule has 0 bridgehead atoms. The molecule has 0 unspecified atom stereocenters. The maximum atomic E-state index is 11.9. The highest BCUT2D eigenvalue weighted by Crippen LogP contribution is 2.16. The van der Waals surface area contributed by atoms with Crippen LogP contribution in [-0.4, -0.2) is 23.0 Å². The summed E-state index contributed by atoms with van der Waals surface area (Å²) < 4.78 is 0.848. The van der Waals surface area contributed by atoms with Crippen LogP contribution in [0.1, 0.15) is 25.8 Å². The van der Waals surface area contributed by atoms with Crippen LogP contribution in [0.4, 0.5) is 0 Å². The Hall–Kier alpha value is -1.36. The summed E-state index contributed by atoms with van der Waals surface area (Å²) in [6.07, 6.45) is 0.598. The molecule has 104 valence electrons. The van der Waals surface area contributed by atoms with Gasteiger partial charge in [-0.15, -0.1) is 0 Å². The van der Waals surface area contributed by atoms with Gasteiger partial charge in [-0.25, -0.2) is 4.79 Å². The number of benzene rings is 1. The zero-order valence-corrected chi connectivity index (χ0v) is 12.6. The summed E-state index contributed by atoms with van der Waals surface area (Å²) >= 11 is 3.36.